The predicted octanol–water partition coefficient (Wildman–Crippen LogP) is 5.79. The van der Waals surface area contributed by atoms with Crippen LogP contribution in [0.2, 0.25) is 0 Å². The number of hydrogen-bond donors (Lipinski definition) is 1. The van der Waals surface area contributed by atoms with Gasteiger partial charge in [0, 0.05) is 12.1 Å². The molecule has 5 rings (SSSR count). The Bertz CT molecular complexity index is 1630. The number of carbonyl (C=O) groups is 2. The van der Waals surface area contributed by atoms with E-state index in [1.54, 1.807) is 42.5 Å². The van der Waals surface area contributed by atoms with Crippen molar-refractivity contribution in [2.24, 2.45) is 0 Å². The molecular formula is C28H21N3O6S. The maximum atomic E-state index is 13.4. The molecule has 1 aliphatic rings. The summed E-state index contributed by atoms with van der Waals surface area (Å²) >= 11 is 1.19. The number of thiazole rings is 1. The van der Waals surface area contributed by atoms with Gasteiger partial charge in [0.2, 0.25) is 0 Å². The largest absolute Gasteiger partial charge is 0.503 e. The van der Waals surface area contributed by atoms with Gasteiger partial charge in [-0.2, -0.15) is 0 Å². The zero-order chi connectivity index (χ0) is 26.8. The first-order chi connectivity index (χ1) is 18.4. The summed E-state index contributed by atoms with van der Waals surface area (Å²) in [5.41, 5.74) is 1.26. The van der Waals surface area contributed by atoms with Gasteiger partial charge >= 0.3 is 0 Å². The molecule has 0 spiro atoms. The molecule has 38 heavy (non-hydrogen) atoms. The van der Waals surface area contributed by atoms with E-state index in [4.69, 9.17) is 4.74 Å². The quantitative estimate of drug-likeness (QED) is 0.175. The van der Waals surface area contributed by atoms with Crippen molar-refractivity contribution >= 4 is 50.1 Å². The molecule has 1 aliphatic heterocycles. The van der Waals surface area contributed by atoms with Crippen molar-refractivity contribution < 1.29 is 24.4 Å². The number of rotatable bonds is 8. The molecule has 9 nitrogen and oxygen atoms in total. The van der Waals surface area contributed by atoms with Crippen LogP contribution in [0.4, 0.5) is 10.8 Å². The van der Waals surface area contributed by atoms with E-state index < -0.39 is 28.4 Å². The van der Waals surface area contributed by atoms with E-state index in [0.717, 1.165) is 10.3 Å². The number of nitrogens with zero attached hydrogens (tertiary/aromatic N) is 3. The number of aliphatic hydroxyl groups is 1. The number of fused-ring (bicyclic) bond motifs is 1. The predicted molar refractivity (Wildman–Crippen MR) is 144 cm³/mol. The van der Waals surface area contributed by atoms with E-state index in [2.05, 4.69) is 4.98 Å². The first-order valence-corrected chi connectivity index (χ1v) is 12.5. The molecule has 1 aromatic heterocycles. The molecule has 1 atom stereocenters. The van der Waals surface area contributed by atoms with Crippen LogP contribution < -0.4 is 9.64 Å². The second kappa shape index (κ2) is 10.3. The molecule has 1 unspecified atom stereocenters. The van der Waals surface area contributed by atoms with E-state index in [0.29, 0.717) is 23.4 Å². The highest BCUT2D eigenvalue weighted by Crippen LogP contribution is 2.44. The molecule has 1 amide bonds. The maximum Gasteiger partial charge on any atom is 0.296 e. The number of amides is 1. The lowest BCUT2D eigenvalue weighted by atomic mass is 9.95. The van der Waals surface area contributed by atoms with Crippen molar-refractivity contribution in [2.45, 2.75) is 13.0 Å². The van der Waals surface area contributed by atoms with Gasteiger partial charge in [-0.05, 0) is 42.3 Å². The lowest BCUT2D eigenvalue weighted by molar-refractivity contribution is -0.384. The number of carbonyl (C=O) groups excluding carboxylic acids is 2. The zero-order valence-corrected chi connectivity index (χ0v) is 20.9. The SMILES string of the molecule is CCOc1ccc2nc(N3C(=O)C(O)=C(C(=O)/C=C/c4ccccc4)C3c3cccc([N+](=O)[O-])c3)sc2c1. The third-order valence-corrected chi connectivity index (χ3v) is 6.98. The van der Waals surface area contributed by atoms with Gasteiger partial charge in [-0.15, -0.1) is 0 Å². The number of benzene rings is 3. The number of non-ortho nitro benzene ring substituents is 1. The monoisotopic (exact) mass is 527 g/mol. The summed E-state index contributed by atoms with van der Waals surface area (Å²) in [7, 11) is 0. The van der Waals surface area contributed by atoms with Gasteiger partial charge in [-0.1, -0.05) is 59.9 Å². The van der Waals surface area contributed by atoms with E-state index >= 15 is 0 Å². The van der Waals surface area contributed by atoms with Crippen LogP contribution in [0.1, 0.15) is 24.1 Å². The van der Waals surface area contributed by atoms with Gasteiger partial charge in [-0.25, -0.2) is 4.98 Å². The molecule has 0 fully saturated rings. The second-order valence-corrected chi connectivity index (χ2v) is 9.37. The van der Waals surface area contributed by atoms with Crippen LogP contribution >= 0.6 is 11.3 Å². The molecule has 0 aliphatic carbocycles. The Labute approximate surface area is 221 Å². The number of nitro groups is 1. The molecule has 0 bridgehead atoms. The van der Waals surface area contributed by atoms with E-state index in [1.165, 1.54) is 40.5 Å². The van der Waals surface area contributed by atoms with Gasteiger partial charge in [0.25, 0.3) is 11.6 Å². The number of ether oxygens (including phenoxy) is 1. The lowest BCUT2D eigenvalue weighted by Crippen LogP contribution is -2.30. The number of aliphatic hydroxyl groups excluding tert-OH is 1. The fourth-order valence-corrected chi connectivity index (χ4v) is 5.28. The number of anilines is 1. The summed E-state index contributed by atoms with van der Waals surface area (Å²) < 4.78 is 6.29. The van der Waals surface area contributed by atoms with Crippen molar-refractivity contribution in [1.82, 2.24) is 4.98 Å². The molecule has 3 aromatic carbocycles. The summed E-state index contributed by atoms with van der Waals surface area (Å²) in [6.45, 7) is 2.35. The Morgan fingerprint density at radius 2 is 1.95 bits per heavy atom. The van der Waals surface area contributed by atoms with Crippen LogP contribution in [0.25, 0.3) is 16.3 Å². The summed E-state index contributed by atoms with van der Waals surface area (Å²) in [4.78, 5) is 43.5. The van der Waals surface area contributed by atoms with Crippen LogP contribution in [-0.4, -0.2) is 33.3 Å². The van der Waals surface area contributed by atoms with Gasteiger partial charge in [-0.3, -0.25) is 24.6 Å². The lowest BCUT2D eigenvalue weighted by Gasteiger charge is -2.24. The number of ketones is 1. The van der Waals surface area contributed by atoms with Crippen LogP contribution in [-0.2, 0) is 9.59 Å². The van der Waals surface area contributed by atoms with E-state index in [9.17, 15) is 24.8 Å². The fraction of sp³-hybridized carbons (Fsp3) is 0.107. The van der Waals surface area contributed by atoms with Crippen LogP contribution in [0, 0.1) is 10.1 Å². The normalized spacial score (nSPS) is 15.6. The van der Waals surface area contributed by atoms with E-state index in [1.807, 2.05) is 25.1 Å². The highest BCUT2D eigenvalue weighted by Gasteiger charge is 2.45. The Morgan fingerprint density at radius 1 is 1.16 bits per heavy atom. The number of hydrogen-bond acceptors (Lipinski definition) is 8. The molecule has 0 radical (unpaired) electrons. The fourth-order valence-electron chi connectivity index (χ4n) is 4.26. The van der Waals surface area contributed by atoms with Gasteiger partial charge in [0.15, 0.2) is 16.7 Å². The second-order valence-electron chi connectivity index (χ2n) is 8.36. The van der Waals surface area contributed by atoms with Crippen LogP contribution in [0.3, 0.4) is 0 Å². The zero-order valence-electron chi connectivity index (χ0n) is 20.1. The smallest absolute Gasteiger partial charge is 0.296 e. The molecule has 0 saturated carbocycles. The third-order valence-electron chi connectivity index (χ3n) is 5.96. The summed E-state index contributed by atoms with van der Waals surface area (Å²) in [6.07, 6.45) is 2.85. The van der Waals surface area contributed by atoms with Crippen LogP contribution in [0.15, 0.2) is 90.2 Å². The Kier molecular flexibility index (Phi) is 6.71. The first kappa shape index (κ1) is 24.8. The molecule has 4 aromatic rings. The highest BCUT2D eigenvalue weighted by molar-refractivity contribution is 7.22. The minimum Gasteiger partial charge on any atom is -0.503 e. The van der Waals surface area contributed by atoms with Crippen molar-refractivity contribution in [1.29, 1.82) is 0 Å². The molecule has 1 N–H and O–H groups in total. The molecule has 0 saturated heterocycles. The van der Waals surface area contributed by atoms with Crippen molar-refractivity contribution in [2.75, 3.05) is 11.5 Å². The number of allylic oxidation sites excluding steroid dienone is 1. The molecule has 190 valence electrons. The summed E-state index contributed by atoms with van der Waals surface area (Å²) in [6, 6.07) is 18.9. The minimum absolute atomic E-state index is 0.183. The van der Waals surface area contributed by atoms with Crippen molar-refractivity contribution in [3.8, 4) is 5.75 Å². The maximum absolute atomic E-state index is 13.4. The van der Waals surface area contributed by atoms with Crippen LogP contribution in [0.5, 0.6) is 5.75 Å². The molecular weight excluding hydrogens is 506 g/mol. The van der Waals surface area contributed by atoms with Gasteiger partial charge in [0.05, 0.1) is 33.4 Å². The Hall–Kier alpha value is -4.83. The Morgan fingerprint density at radius 3 is 2.68 bits per heavy atom. The molecule has 2 heterocycles. The van der Waals surface area contributed by atoms with Crippen molar-refractivity contribution in [3.05, 3.63) is 111 Å². The standard InChI is InChI=1S/C28H21N3O6S/c1-2-37-20-12-13-21-23(16-20)38-28(29-21)30-25(18-9-6-10-19(15-18)31(35)36)24(26(33)27(30)34)22(32)14-11-17-7-4-3-5-8-17/h3-16,25,33H,2H2,1H3/b14-11+. The highest BCUT2D eigenvalue weighted by atomic mass is 32.1. The number of aromatic nitrogens is 1. The molecule has 10 heteroatoms. The summed E-state index contributed by atoms with van der Waals surface area (Å²) in [5.74, 6) is -1.50. The van der Waals surface area contributed by atoms with Gasteiger partial charge in [0.1, 0.15) is 5.75 Å². The first-order valence-electron chi connectivity index (χ1n) is 11.7. The van der Waals surface area contributed by atoms with E-state index in [-0.39, 0.29) is 16.4 Å². The third kappa shape index (κ3) is 4.64. The average Bonchev–Trinajstić information content (AvgIpc) is 3.46. The summed E-state index contributed by atoms with van der Waals surface area (Å²) in [5, 5.41) is 22.6. The van der Waals surface area contributed by atoms with Crippen molar-refractivity contribution in [3.63, 3.8) is 0 Å². The Balaban J connectivity index is 1.61. The average molecular weight is 528 g/mol. The topological polar surface area (TPSA) is 123 Å². The van der Waals surface area contributed by atoms with Gasteiger partial charge < -0.3 is 9.84 Å². The number of nitro benzene ring substituents is 1. The minimum atomic E-state index is -1.12.